The van der Waals surface area contributed by atoms with Crippen molar-refractivity contribution < 1.29 is 31.4 Å². The summed E-state index contributed by atoms with van der Waals surface area (Å²) in [5, 5.41) is 3.15. The molecule has 1 aromatic rings. The number of rotatable bonds is 8. The van der Waals surface area contributed by atoms with Crippen LogP contribution < -0.4 is 14.8 Å². The van der Waals surface area contributed by atoms with Gasteiger partial charge in [-0.3, -0.25) is 4.90 Å². The molecule has 25 heavy (non-hydrogen) atoms. The smallest absolute Gasteiger partial charge is 0.401 e. The molecule has 0 amide bonds. The van der Waals surface area contributed by atoms with Gasteiger partial charge in [-0.15, -0.1) is 0 Å². The van der Waals surface area contributed by atoms with E-state index < -0.39 is 19.3 Å². The first-order valence-electron chi connectivity index (χ1n) is 7.88. The Bertz CT molecular complexity index is 554. The van der Waals surface area contributed by atoms with E-state index in [0.29, 0.717) is 32.6 Å². The standard InChI is InChI=1S/C16H21F5N2O2/c1-24-13-3-2-11(6-14(13)25-15(17)18)7-22-8-12-4-5-23(9-12)10-16(19,20)21/h2-3,6,12,15,22H,4-5,7-10H2,1H3. The van der Waals surface area contributed by atoms with Crippen molar-refractivity contribution >= 4 is 0 Å². The monoisotopic (exact) mass is 368 g/mol. The number of halogens is 5. The van der Waals surface area contributed by atoms with E-state index in [0.717, 1.165) is 5.56 Å². The van der Waals surface area contributed by atoms with E-state index in [1.54, 1.807) is 6.07 Å². The average Bonchev–Trinajstić information content (AvgIpc) is 2.92. The average molecular weight is 368 g/mol. The van der Waals surface area contributed by atoms with Gasteiger partial charge in [0.05, 0.1) is 13.7 Å². The zero-order valence-corrected chi connectivity index (χ0v) is 13.8. The lowest BCUT2D eigenvalue weighted by molar-refractivity contribution is -0.143. The van der Waals surface area contributed by atoms with Crippen LogP contribution in [0.1, 0.15) is 12.0 Å². The van der Waals surface area contributed by atoms with Crippen LogP contribution in [0.2, 0.25) is 0 Å². The van der Waals surface area contributed by atoms with Gasteiger partial charge in [0.1, 0.15) is 0 Å². The summed E-state index contributed by atoms with van der Waals surface area (Å²) in [7, 11) is 1.36. The Balaban J connectivity index is 1.80. The number of benzene rings is 1. The lowest BCUT2D eigenvalue weighted by Crippen LogP contribution is -2.33. The van der Waals surface area contributed by atoms with Gasteiger partial charge >= 0.3 is 12.8 Å². The van der Waals surface area contributed by atoms with Crippen molar-refractivity contribution in [1.29, 1.82) is 0 Å². The summed E-state index contributed by atoms with van der Waals surface area (Å²) in [6, 6.07) is 4.72. The second-order valence-corrected chi connectivity index (χ2v) is 6.00. The van der Waals surface area contributed by atoms with Crippen LogP contribution in [-0.2, 0) is 6.54 Å². The lowest BCUT2D eigenvalue weighted by atomic mass is 10.1. The molecule has 2 rings (SSSR count). The number of hydrogen-bond acceptors (Lipinski definition) is 4. The third-order valence-corrected chi connectivity index (χ3v) is 3.98. The van der Waals surface area contributed by atoms with E-state index >= 15 is 0 Å². The first kappa shape index (κ1) is 19.7. The van der Waals surface area contributed by atoms with Crippen LogP contribution in [0.25, 0.3) is 0 Å². The number of nitrogens with one attached hydrogen (secondary N) is 1. The molecule has 0 aromatic heterocycles. The van der Waals surface area contributed by atoms with Crippen LogP contribution in [-0.4, -0.2) is 51.0 Å². The Morgan fingerprint density at radius 1 is 1.28 bits per heavy atom. The maximum atomic E-state index is 12.4. The van der Waals surface area contributed by atoms with E-state index in [9.17, 15) is 22.0 Å². The molecular weight excluding hydrogens is 347 g/mol. The Morgan fingerprint density at radius 2 is 2.04 bits per heavy atom. The molecule has 0 spiro atoms. The lowest BCUT2D eigenvalue weighted by Gasteiger charge is -2.18. The van der Waals surface area contributed by atoms with E-state index in [4.69, 9.17) is 4.74 Å². The second-order valence-electron chi connectivity index (χ2n) is 6.00. The SMILES string of the molecule is COc1ccc(CNCC2CCN(CC(F)(F)F)C2)cc1OC(F)F. The molecule has 1 aliphatic rings. The molecule has 1 unspecified atom stereocenters. The number of hydrogen-bond donors (Lipinski definition) is 1. The summed E-state index contributed by atoms with van der Waals surface area (Å²) < 4.78 is 71.3. The highest BCUT2D eigenvalue weighted by molar-refractivity contribution is 5.42. The minimum Gasteiger partial charge on any atom is -0.493 e. The Labute approximate surface area is 142 Å². The highest BCUT2D eigenvalue weighted by Gasteiger charge is 2.34. The van der Waals surface area contributed by atoms with Gasteiger partial charge in [0, 0.05) is 13.1 Å². The fourth-order valence-electron chi connectivity index (χ4n) is 2.92. The van der Waals surface area contributed by atoms with Crippen LogP contribution in [0.3, 0.4) is 0 Å². The normalized spacial score (nSPS) is 18.8. The Hall–Kier alpha value is -1.61. The number of alkyl halides is 5. The number of likely N-dealkylation sites (tertiary alicyclic amines) is 1. The third-order valence-electron chi connectivity index (χ3n) is 3.98. The maximum absolute atomic E-state index is 12.4. The highest BCUT2D eigenvalue weighted by atomic mass is 19.4. The molecule has 1 atom stereocenters. The molecule has 142 valence electrons. The molecular formula is C16H21F5N2O2. The summed E-state index contributed by atoms with van der Waals surface area (Å²) >= 11 is 0. The van der Waals surface area contributed by atoms with Crippen LogP contribution in [0, 0.1) is 5.92 Å². The van der Waals surface area contributed by atoms with Crippen molar-refractivity contribution in [2.45, 2.75) is 25.8 Å². The summed E-state index contributed by atoms with van der Waals surface area (Å²) in [5.74, 6) is 0.300. The van der Waals surface area contributed by atoms with Crippen molar-refractivity contribution in [3.63, 3.8) is 0 Å². The van der Waals surface area contributed by atoms with Gasteiger partial charge in [0.2, 0.25) is 0 Å². The van der Waals surface area contributed by atoms with E-state index in [1.165, 1.54) is 24.1 Å². The number of ether oxygens (including phenoxy) is 2. The number of methoxy groups -OCH3 is 1. The van der Waals surface area contributed by atoms with Gasteiger partial charge in [-0.25, -0.2) is 0 Å². The minimum atomic E-state index is -4.17. The van der Waals surface area contributed by atoms with Crippen LogP contribution in [0.15, 0.2) is 18.2 Å². The van der Waals surface area contributed by atoms with Gasteiger partial charge in [-0.05, 0) is 43.1 Å². The van der Waals surface area contributed by atoms with Gasteiger partial charge in [0.25, 0.3) is 0 Å². The summed E-state index contributed by atoms with van der Waals surface area (Å²) in [4.78, 5) is 1.40. The molecule has 1 saturated heterocycles. The summed E-state index contributed by atoms with van der Waals surface area (Å²) in [6.07, 6.45) is -3.47. The highest BCUT2D eigenvalue weighted by Crippen LogP contribution is 2.29. The fourth-order valence-corrected chi connectivity index (χ4v) is 2.92. The summed E-state index contributed by atoms with van der Waals surface area (Å²) in [5.41, 5.74) is 0.724. The van der Waals surface area contributed by atoms with Crippen LogP contribution in [0.5, 0.6) is 11.5 Å². The van der Waals surface area contributed by atoms with Gasteiger partial charge in [0.15, 0.2) is 11.5 Å². The van der Waals surface area contributed by atoms with Crippen molar-refractivity contribution in [1.82, 2.24) is 10.2 Å². The quantitative estimate of drug-likeness (QED) is 0.714. The third kappa shape index (κ3) is 6.66. The predicted molar refractivity (Wildman–Crippen MR) is 81.9 cm³/mol. The zero-order valence-electron chi connectivity index (χ0n) is 13.8. The van der Waals surface area contributed by atoms with E-state index in [2.05, 4.69) is 10.1 Å². The molecule has 1 heterocycles. The van der Waals surface area contributed by atoms with Crippen molar-refractivity contribution in [3.8, 4) is 11.5 Å². The Kier molecular flexibility index (Phi) is 6.83. The first-order valence-corrected chi connectivity index (χ1v) is 7.88. The van der Waals surface area contributed by atoms with Gasteiger partial charge in [-0.1, -0.05) is 6.07 Å². The number of nitrogens with zero attached hydrogens (tertiary/aromatic N) is 1. The summed E-state index contributed by atoms with van der Waals surface area (Å²) in [6.45, 7) is -2.04. The molecule has 1 aromatic carbocycles. The van der Waals surface area contributed by atoms with Crippen LogP contribution in [0.4, 0.5) is 22.0 Å². The topological polar surface area (TPSA) is 33.7 Å². The van der Waals surface area contributed by atoms with Gasteiger partial charge < -0.3 is 14.8 Å². The first-order chi connectivity index (χ1) is 11.8. The molecule has 0 saturated carbocycles. The molecule has 4 nitrogen and oxygen atoms in total. The Morgan fingerprint density at radius 3 is 2.68 bits per heavy atom. The largest absolute Gasteiger partial charge is 0.493 e. The minimum absolute atomic E-state index is 0.0472. The molecule has 0 bridgehead atoms. The molecule has 0 aliphatic carbocycles. The molecule has 0 radical (unpaired) electrons. The zero-order chi connectivity index (χ0) is 18.4. The van der Waals surface area contributed by atoms with Crippen molar-refractivity contribution in [3.05, 3.63) is 23.8 Å². The van der Waals surface area contributed by atoms with E-state index in [-0.39, 0.29) is 17.4 Å². The van der Waals surface area contributed by atoms with Crippen molar-refractivity contribution in [2.75, 3.05) is 33.3 Å². The molecule has 1 fully saturated rings. The van der Waals surface area contributed by atoms with Crippen molar-refractivity contribution in [2.24, 2.45) is 5.92 Å². The second kappa shape index (κ2) is 8.66. The fraction of sp³-hybridized carbons (Fsp3) is 0.625. The molecule has 1 aliphatic heterocycles. The van der Waals surface area contributed by atoms with Crippen LogP contribution >= 0.6 is 0 Å². The predicted octanol–water partition coefficient (Wildman–Crippen LogP) is 3.27. The molecule has 9 heteroatoms. The van der Waals surface area contributed by atoms with E-state index in [1.807, 2.05) is 0 Å². The molecule has 1 N–H and O–H groups in total. The van der Waals surface area contributed by atoms with Gasteiger partial charge in [-0.2, -0.15) is 22.0 Å². The maximum Gasteiger partial charge on any atom is 0.401 e.